The van der Waals surface area contributed by atoms with Gasteiger partial charge in [0.05, 0.1) is 21.6 Å². The first-order valence-electron chi connectivity index (χ1n) is 22.0. The molecule has 16 heteroatoms. The van der Waals surface area contributed by atoms with Crippen molar-refractivity contribution >= 4 is 60.1 Å². The summed E-state index contributed by atoms with van der Waals surface area (Å²) in [5.41, 5.74) is 0.924. The second kappa shape index (κ2) is 24.3. The van der Waals surface area contributed by atoms with Crippen molar-refractivity contribution in [1.82, 2.24) is 8.61 Å². The molecule has 0 aromatic heterocycles. The number of ether oxygens (including phenoxy) is 1. The zero-order valence-electron chi connectivity index (χ0n) is 38.9. The van der Waals surface area contributed by atoms with Crippen LogP contribution in [0.2, 0.25) is 13.3 Å². The molecule has 62 heavy (non-hydrogen) atoms. The Morgan fingerprint density at radius 2 is 1.11 bits per heavy atom. The minimum atomic E-state index is -3.77. The summed E-state index contributed by atoms with van der Waals surface area (Å²) in [5.74, 6) is -1.44. The van der Waals surface area contributed by atoms with Crippen LogP contribution >= 0.6 is 15.9 Å². The average Bonchev–Trinajstić information content (AvgIpc) is 3.77. The van der Waals surface area contributed by atoms with Gasteiger partial charge in [0.1, 0.15) is 24.0 Å². The number of benzene rings is 2. The van der Waals surface area contributed by atoms with Gasteiger partial charge in [0, 0.05) is 36.0 Å². The van der Waals surface area contributed by atoms with Crippen molar-refractivity contribution in [3.63, 3.8) is 0 Å². The van der Waals surface area contributed by atoms with Gasteiger partial charge in [0.25, 0.3) is 0 Å². The van der Waals surface area contributed by atoms with Crippen LogP contribution in [0.1, 0.15) is 161 Å². The molecular formula is C46H73BrF4N2O6S2Sn. The Morgan fingerprint density at radius 3 is 1.45 bits per heavy atom. The van der Waals surface area contributed by atoms with Gasteiger partial charge in [-0.3, -0.25) is 4.79 Å². The average molecular weight is 1090 g/mol. The van der Waals surface area contributed by atoms with E-state index in [9.17, 15) is 39.2 Å². The van der Waals surface area contributed by atoms with E-state index in [1.807, 2.05) is 0 Å². The number of carbonyl (C=O) groups is 1. The first-order valence-corrected chi connectivity index (χ1v) is 33.2. The summed E-state index contributed by atoms with van der Waals surface area (Å²) in [5, 5.41) is 0. The maximum Gasteiger partial charge on any atom is 0.219 e. The minimum absolute atomic E-state index is 0.0455. The predicted octanol–water partition coefficient (Wildman–Crippen LogP) is 13.0. The third-order valence-corrected chi connectivity index (χ3v) is 32.1. The maximum atomic E-state index is 13.9. The van der Waals surface area contributed by atoms with E-state index < -0.39 is 84.0 Å². The van der Waals surface area contributed by atoms with Crippen molar-refractivity contribution in [3.05, 3.63) is 79.5 Å². The summed E-state index contributed by atoms with van der Waals surface area (Å²) in [4.78, 5) is 11.5. The molecule has 2 heterocycles. The van der Waals surface area contributed by atoms with E-state index in [0.29, 0.717) is 15.6 Å². The fraction of sp³-hybridized carbons (Fsp3) is 0.674. The van der Waals surface area contributed by atoms with Crippen LogP contribution < -0.4 is 0 Å². The van der Waals surface area contributed by atoms with Gasteiger partial charge in [-0.15, -0.1) is 0 Å². The van der Waals surface area contributed by atoms with Crippen LogP contribution in [0.15, 0.2) is 51.2 Å². The van der Waals surface area contributed by atoms with E-state index in [-0.39, 0.29) is 37.3 Å². The Morgan fingerprint density at radius 1 is 0.726 bits per heavy atom. The second-order valence-corrected chi connectivity index (χ2v) is 37.9. The number of hydrogen-bond acceptors (Lipinski definition) is 6. The molecule has 2 aromatic rings. The van der Waals surface area contributed by atoms with Crippen molar-refractivity contribution in [2.75, 3.05) is 19.7 Å². The zero-order valence-corrected chi connectivity index (χ0v) is 45.0. The second-order valence-electron chi connectivity index (χ2n) is 18.6. The van der Waals surface area contributed by atoms with Gasteiger partial charge in [-0.25, -0.2) is 34.4 Å². The molecule has 0 N–H and O–H groups in total. The minimum Gasteiger partial charge on any atom is -0.295 e. The van der Waals surface area contributed by atoms with E-state index in [2.05, 4.69) is 50.2 Å². The van der Waals surface area contributed by atoms with Crippen LogP contribution in [-0.4, -0.2) is 91.1 Å². The van der Waals surface area contributed by atoms with Crippen LogP contribution in [0.5, 0.6) is 0 Å². The van der Waals surface area contributed by atoms with Gasteiger partial charge < -0.3 is 0 Å². The van der Waals surface area contributed by atoms with Gasteiger partial charge >= 0.3 is 120 Å². The van der Waals surface area contributed by atoms with E-state index in [4.69, 9.17) is 4.74 Å². The molecule has 4 rings (SSSR count). The predicted molar refractivity (Wildman–Crippen MR) is 251 cm³/mol. The molecule has 0 spiro atoms. The summed E-state index contributed by atoms with van der Waals surface area (Å²) in [7, 11) is -7.44. The topological polar surface area (TPSA) is 101 Å². The number of ketones is 1. The quantitative estimate of drug-likeness (QED) is 0.0677. The van der Waals surface area contributed by atoms with Crippen molar-refractivity contribution in [2.45, 2.75) is 175 Å². The normalized spacial score (nSPS) is 20.3. The molecular weight excluding hydrogens is 1020 g/mol. The molecule has 0 radical (unpaired) electrons. The fourth-order valence-electron chi connectivity index (χ4n) is 7.79. The Hall–Kier alpha value is -1.53. The number of rotatable bonds is 17. The molecule has 2 aliphatic rings. The van der Waals surface area contributed by atoms with Gasteiger partial charge in [-0.05, 0) is 96.0 Å². The van der Waals surface area contributed by atoms with Gasteiger partial charge in [-0.2, -0.15) is 8.61 Å². The SMILES string of the molecule is C=[C](OCC)[Sn]([CH2]CCC)([CH2]CCC)[CH2]CCC.CC(=O)c1cc(F)cc([C@H]2C[C@H](F)CN2S(=O)(=O)C(C)(C)C)c1.CC(C)(C)S(=O)(=O)N1C[C@@H](F)C[C@@H]1c1cc(F)cc(Br)c1. The number of Topliss-reactive ketones (excluding diaryl/α,β-unsaturated/α-hetero) is 1. The van der Waals surface area contributed by atoms with Crippen LogP contribution in [0, 0.1) is 11.6 Å². The molecule has 354 valence electrons. The standard InChI is InChI=1S/C16H21F2NO3S.C14H18BrF2NO2S.C4H7O.3C4H9.Sn/c1-10(20)11-5-12(7-13(17)6-11)15-8-14(18)9-19(15)23(21,22)16(2,3)4;1-14(2,3)21(19,20)18-8-12(17)7-13(18)9-4-10(15)6-11(16)5-9;1-3-5-4-2;3*1-3-4-2;/h5-7,14-15H,8-9H2,1-4H3;4-6,12-13H,7-8H2,1-3H3;1,4H2,2H3;3*1,3-4H2,2H3;/t14-,15+;12-,13+;;;;;/m00...../s1. The number of unbranched alkanes of at least 4 members (excludes halogenated alkanes) is 3. The number of carbonyl (C=O) groups excluding carboxylic acids is 1. The summed E-state index contributed by atoms with van der Waals surface area (Å²) >= 11 is 0.940. The Labute approximate surface area is 384 Å². The molecule has 0 unspecified atom stereocenters. The van der Waals surface area contributed by atoms with Crippen LogP contribution in [0.3, 0.4) is 0 Å². The van der Waals surface area contributed by atoms with E-state index >= 15 is 0 Å². The summed E-state index contributed by atoms with van der Waals surface area (Å²) < 4.78 is 118. The Kier molecular flexibility index (Phi) is 22.2. The Bertz CT molecular complexity index is 1970. The molecule has 2 aliphatic heterocycles. The molecule has 0 saturated carbocycles. The fourth-order valence-corrected chi connectivity index (χ4v) is 26.1. The summed E-state index contributed by atoms with van der Waals surface area (Å²) in [6.45, 7) is 24.4. The smallest absolute Gasteiger partial charge is 0.219 e. The van der Waals surface area contributed by atoms with Gasteiger partial charge in [0.15, 0.2) is 5.78 Å². The molecule has 0 bridgehead atoms. The monoisotopic (exact) mass is 1090 g/mol. The summed E-state index contributed by atoms with van der Waals surface area (Å²) in [6.07, 6.45) is 5.54. The van der Waals surface area contributed by atoms with Crippen LogP contribution in [0.4, 0.5) is 17.6 Å². The molecule has 0 aliphatic carbocycles. The largest absolute Gasteiger partial charge is 0.295 e. The van der Waals surface area contributed by atoms with Crippen molar-refractivity contribution in [2.24, 2.45) is 0 Å². The molecule has 2 aromatic carbocycles. The summed E-state index contributed by atoms with van der Waals surface area (Å²) in [6, 6.07) is 6.42. The Balaban J connectivity index is 0.000000323. The molecule has 8 nitrogen and oxygen atoms in total. The van der Waals surface area contributed by atoms with E-state index in [1.54, 1.807) is 26.8 Å². The van der Waals surface area contributed by atoms with Gasteiger partial charge in [0.2, 0.25) is 20.0 Å². The molecule has 2 fully saturated rings. The molecule has 0 amide bonds. The first-order chi connectivity index (χ1) is 28.6. The van der Waals surface area contributed by atoms with Crippen LogP contribution in [-0.2, 0) is 24.8 Å². The van der Waals surface area contributed by atoms with E-state index in [0.717, 1.165) is 17.0 Å². The molecule has 2 saturated heterocycles. The van der Waals surface area contributed by atoms with E-state index in [1.165, 1.54) is 112 Å². The third kappa shape index (κ3) is 15.3. The first kappa shape index (κ1) is 56.6. The zero-order chi connectivity index (χ0) is 47.4. The van der Waals surface area contributed by atoms with Crippen molar-refractivity contribution in [3.8, 4) is 0 Å². The van der Waals surface area contributed by atoms with Gasteiger partial charge in [-0.1, -0.05) is 15.9 Å². The number of nitrogens with zero attached hydrogens (tertiary/aromatic N) is 2. The van der Waals surface area contributed by atoms with Crippen molar-refractivity contribution in [1.29, 1.82) is 0 Å². The molecule has 4 atom stereocenters. The maximum absolute atomic E-state index is 13.9. The third-order valence-electron chi connectivity index (χ3n) is 11.5. The van der Waals surface area contributed by atoms with Crippen molar-refractivity contribution < 1.29 is 43.9 Å². The number of halogens is 5. The number of sulfonamides is 2. The van der Waals surface area contributed by atoms with Crippen LogP contribution in [0.25, 0.3) is 0 Å². The number of hydrogen-bond donors (Lipinski definition) is 0. The number of alkyl halides is 2.